The highest BCUT2D eigenvalue weighted by Crippen LogP contribution is 2.16. The topological polar surface area (TPSA) is 87.2 Å². The van der Waals surface area contributed by atoms with Crippen LogP contribution in [-0.4, -0.2) is 22.1 Å². The number of benzene rings is 2. The van der Waals surface area contributed by atoms with Crippen LogP contribution in [0.1, 0.15) is 16.1 Å². The Hall–Kier alpha value is -3.13. The van der Waals surface area contributed by atoms with Gasteiger partial charge in [0.2, 0.25) is 0 Å². The van der Waals surface area contributed by atoms with E-state index in [1.54, 1.807) is 0 Å². The number of halogens is 2. The van der Waals surface area contributed by atoms with E-state index in [1.165, 1.54) is 36.5 Å². The number of carbonyl (C=O) groups is 1. The van der Waals surface area contributed by atoms with Crippen molar-refractivity contribution in [2.75, 3.05) is 0 Å². The lowest BCUT2D eigenvalue weighted by molar-refractivity contribution is 0.0949. The summed E-state index contributed by atoms with van der Waals surface area (Å²) in [4.78, 5) is 30.1. The SMILES string of the molecule is O=C(N/N=C/c1ccc(Br)cc1)c1cc(-c2ccc(F)cc2)nc(=O)[nH]1. The first-order valence-corrected chi connectivity index (χ1v) is 8.27. The summed E-state index contributed by atoms with van der Waals surface area (Å²) in [6.07, 6.45) is 1.48. The number of hydrazone groups is 1. The summed E-state index contributed by atoms with van der Waals surface area (Å²) >= 11 is 3.33. The maximum atomic E-state index is 13.0. The number of nitrogens with zero attached hydrogens (tertiary/aromatic N) is 2. The van der Waals surface area contributed by atoms with Crippen molar-refractivity contribution in [3.8, 4) is 11.3 Å². The molecule has 0 bridgehead atoms. The molecule has 6 nitrogen and oxygen atoms in total. The first-order chi connectivity index (χ1) is 12.5. The fraction of sp³-hybridized carbons (Fsp3) is 0. The number of aromatic amines is 1. The van der Waals surface area contributed by atoms with Gasteiger partial charge in [-0.3, -0.25) is 4.79 Å². The largest absolute Gasteiger partial charge is 0.346 e. The zero-order chi connectivity index (χ0) is 18.5. The zero-order valence-corrected chi connectivity index (χ0v) is 14.8. The average Bonchev–Trinajstić information content (AvgIpc) is 2.63. The summed E-state index contributed by atoms with van der Waals surface area (Å²) in [7, 11) is 0. The summed E-state index contributed by atoms with van der Waals surface area (Å²) in [5, 5.41) is 3.86. The average molecular weight is 415 g/mol. The molecule has 0 aliphatic carbocycles. The Morgan fingerprint density at radius 2 is 1.85 bits per heavy atom. The minimum atomic E-state index is -0.686. The Morgan fingerprint density at radius 3 is 2.54 bits per heavy atom. The van der Waals surface area contributed by atoms with Gasteiger partial charge in [-0.2, -0.15) is 10.1 Å². The molecule has 0 saturated carbocycles. The van der Waals surface area contributed by atoms with Crippen molar-refractivity contribution in [2.45, 2.75) is 0 Å². The van der Waals surface area contributed by atoms with Crippen LogP contribution in [0.2, 0.25) is 0 Å². The molecule has 0 aliphatic heterocycles. The molecule has 8 heteroatoms. The van der Waals surface area contributed by atoms with Crippen LogP contribution in [0, 0.1) is 5.82 Å². The summed E-state index contributed by atoms with van der Waals surface area (Å²) in [5.41, 5.74) is 3.22. The number of hydrogen-bond acceptors (Lipinski definition) is 4. The highest BCUT2D eigenvalue weighted by molar-refractivity contribution is 9.10. The molecule has 26 heavy (non-hydrogen) atoms. The van der Waals surface area contributed by atoms with Gasteiger partial charge >= 0.3 is 5.69 Å². The third-order valence-corrected chi connectivity index (χ3v) is 3.91. The summed E-state index contributed by atoms with van der Waals surface area (Å²) < 4.78 is 14.0. The molecule has 2 N–H and O–H groups in total. The zero-order valence-electron chi connectivity index (χ0n) is 13.2. The van der Waals surface area contributed by atoms with E-state index in [0.29, 0.717) is 5.56 Å². The van der Waals surface area contributed by atoms with Crippen molar-refractivity contribution >= 4 is 28.1 Å². The van der Waals surface area contributed by atoms with E-state index in [0.717, 1.165) is 10.0 Å². The third-order valence-electron chi connectivity index (χ3n) is 3.38. The van der Waals surface area contributed by atoms with E-state index in [4.69, 9.17) is 0 Å². The molecule has 0 saturated heterocycles. The van der Waals surface area contributed by atoms with E-state index in [1.807, 2.05) is 24.3 Å². The smallest absolute Gasteiger partial charge is 0.301 e. The van der Waals surface area contributed by atoms with Crippen LogP contribution in [-0.2, 0) is 0 Å². The number of rotatable bonds is 4. The van der Waals surface area contributed by atoms with Gasteiger partial charge in [-0.1, -0.05) is 28.1 Å². The molecule has 0 radical (unpaired) electrons. The fourth-order valence-electron chi connectivity index (χ4n) is 2.12. The van der Waals surface area contributed by atoms with Crippen molar-refractivity contribution < 1.29 is 9.18 Å². The second-order valence-electron chi connectivity index (χ2n) is 5.24. The Kier molecular flexibility index (Phi) is 5.33. The lowest BCUT2D eigenvalue weighted by Crippen LogP contribution is -2.24. The van der Waals surface area contributed by atoms with E-state index in [9.17, 15) is 14.0 Å². The molecule has 3 aromatic rings. The van der Waals surface area contributed by atoms with Crippen molar-refractivity contribution in [1.29, 1.82) is 0 Å². The van der Waals surface area contributed by atoms with Crippen LogP contribution in [0.3, 0.4) is 0 Å². The van der Waals surface area contributed by atoms with Gasteiger partial charge in [0.25, 0.3) is 5.91 Å². The minimum Gasteiger partial charge on any atom is -0.301 e. The number of H-pyrrole nitrogens is 1. The summed E-state index contributed by atoms with van der Waals surface area (Å²) in [5.74, 6) is -1.000. The van der Waals surface area contributed by atoms with E-state index in [-0.39, 0.29) is 11.4 Å². The number of hydrogen-bond donors (Lipinski definition) is 2. The van der Waals surface area contributed by atoms with Gasteiger partial charge in [0.1, 0.15) is 11.5 Å². The quantitative estimate of drug-likeness (QED) is 0.507. The van der Waals surface area contributed by atoms with Crippen LogP contribution >= 0.6 is 15.9 Å². The third kappa shape index (κ3) is 4.48. The van der Waals surface area contributed by atoms with Gasteiger partial charge in [0.05, 0.1) is 11.9 Å². The standard InChI is InChI=1S/C18H12BrFN4O2/c19-13-5-1-11(2-6-13)10-21-24-17(25)16-9-15(22-18(26)23-16)12-3-7-14(20)8-4-12/h1-10H,(H,24,25)(H,22,23,26)/b21-10+. The number of amides is 1. The Balaban J connectivity index is 1.77. The second kappa shape index (κ2) is 7.83. The van der Waals surface area contributed by atoms with Crippen LogP contribution < -0.4 is 11.1 Å². The summed E-state index contributed by atoms with van der Waals surface area (Å²) in [6, 6.07) is 14.2. The normalized spacial score (nSPS) is 10.8. The lowest BCUT2D eigenvalue weighted by atomic mass is 10.1. The number of aromatic nitrogens is 2. The van der Waals surface area contributed by atoms with Crippen molar-refractivity contribution in [1.82, 2.24) is 15.4 Å². The molecule has 1 heterocycles. The molecule has 130 valence electrons. The van der Waals surface area contributed by atoms with Gasteiger partial charge in [-0.15, -0.1) is 0 Å². The molecular formula is C18H12BrFN4O2. The molecule has 0 unspecified atom stereocenters. The van der Waals surface area contributed by atoms with E-state index < -0.39 is 17.4 Å². The number of carbonyl (C=O) groups excluding carboxylic acids is 1. The molecule has 0 fully saturated rings. The summed E-state index contributed by atoms with van der Waals surface area (Å²) in [6.45, 7) is 0. The lowest BCUT2D eigenvalue weighted by Gasteiger charge is -2.04. The molecule has 2 aromatic carbocycles. The Morgan fingerprint density at radius 1 is 1.15 bits per heavy atom. The highest BCUT2D eigenvalue weighted by atomic mass is 79.9. The van der Waals surface area contributed by atoms with Crippen LogP contribution in [0.15, 0.2) is 69.0 Å². The molecular weight excluding hydrogens is 403 g/mol. The molecule has 3 rings (SSSR count). The first kappa shape index (κ1) is 17.7. The molecule has 0 atom stereocenters. The van der Waals surface area contributed by atoms with E-state index >= 15 is 0 Å². The fourth-order valence-corrected chi connectivity index (χ4v) is 2.39. The van der Waals surface area contributed by atoms with Crippen molar-refractivity contribution in [2.24, 2.45) is 5.10 Å². The van der Waals surface area contributed by atoms with E-state index in [2.05, 4.69) is 36.4 Å². The molecule has 1 aromatic heterocycles. The van der Waals surface area contributed by atoms with Gasteiger partial charge in [0.15, 0.2) is 0 Å². The predicted octanol–water partition coefficient (Wildman–Crippen LogP) is 3.10. The molecule has 1 amide bonds. The van der Waals surface area contributed by atoms with Gasteiger partial charge in [-0.05, 0) is 48.0 Å². The predicted molar refractivity (Wildman–Crippen MR) is 99.5 cm³/mol. The molecule has 0 aliphatic rings. The van der Waals surface area contributed by atoms with Gasteiger partial charge in [0, 0.05) is 10.0 Å². The van der Waals surface area contributed by atoms with Crippen molar-refractivity contribution in [3.05, 3.63) is 86.6 Å². The van der Waals surface area contributed by atoms with Gasteiger partial charge in [-0.25, -0.2) is 14.6 Å². The van der Waals surface area contributed by atoms with Crippen molar-refractivity contribution in [3.63, 3.8) is 0 Å². The maximum absolute atomic E-state index is 13.0. The maximum Gasteiger partial charge on any atom is 0.346 e. The molecule has 0 spiro atoms. The van der Waals surface area contributed by atoms with Crippen LogP contribution in [0.5, 0.6) is 0 Å². The van der Waals surface area contributed by atoms with Crippen LogP contribution in [0.25, 0.3) is 11.3 Å². The Bertz CT molecular complexity index is 1010. The second-order valence-corrected chi connectivity index (χ2v) is 6.16. The van der Waals surface area contributed by atoms with Crippen LogP contribution in [0.4, 0.5) is 4.39 Å². The number of nitrogens with one attached hydrogen (secondary N) is 2. The first-order valence-electron chi connectivity index (χ1n) is 7.47. The highest BCUT2D eigenvalue weighted by Gasteiger charge is 2.10. The van der Waals surface area contributed by atoms with Gasteiger partial charge < -0.3 is 4.98 Å². The Labute approximate surface area is 155 Å². The minimum absolute atomic E-state index is 0.00252. The monoisotopic (exact) mass is 414 g/mol.